The molecule has 1 aliphatic heterocycles. The summed E-state index contributed by atoms with van der Waals surface area (Å²) in [6, 6.07) is 14.3. The SMILES string of the molecule is Cc1cc(C)c2[nH]c(=O)c([C@@H](c3nnnn3C3CCCCC3)N3CCN(Cc4ccccc4Cl)CC3)cc2c1. The third-order valence-corrected chi connectivity index (χ3v) is 8.79. The molecule has 3 heterocycles. The largest absolute Gasteiger partial charge is 0.321 e. The molecular weight excluding hydrogens is 510 g/mol. The molecular formula is C30H36ClN7O. The van der Waals surface area contributed by atoms with E-state index in [1.54, 1.807) is 0 Å². The number of benzene rings is 2. The first-order valence-electron chi connectivity index (χ1n) is 14.1. The van der Waals surface area contributed by atoms with Crippen molar-refractivity contribution in [3.05, 3.63) is 85.9 Å². The second-order valence-electron chi connectivity index (χ2n) is 11.2. The van der Waals surface area contributed by atoms with Crippen molar-refractivity contribution in [2.45, 2.75) is 64.6 Å². The van der Waals surface area contributed by atoms with Crippen LogP contribution in [0.3, 0.4) is 0 Å². The fraction of sp³-hybridized carbons (Fsp3) is 0.467. The van der Waals surface area contributed by atoms with Crippen molar-refractivity contribution in [1.29, 1.82) is 0 Å². The number of hydrogen-bond acceptors (Lipinski definition) is 6. The molecule has 2 fully saturated rings. The Hall–Kier alpha value is -3.07. The molecule has 1 saturated heterocycles. The molecule has 9 heteroatoms. The molecule has 1 saturated carbocycles. The zero-order valence-corrected chi connectivity index (χ0v) is 23.5. The van der Waals surface area contributed by atoms with E-state index in [0.717, 1.165) is 78.4 Å². The number of fused-ring (bicyclic) bond motifs is 1. The highest BCUT2D eigenvalue weighted by Gasteiger charge is 2.34. The lowest BCUT2D eigenvalue weighted by molar-refractivity contribution is 0.0982. The molecule has 0 amide bonds. The fourth-order valence-electron chi connectivity index (χ4n) is 6.42. The predicted octanol–water partition coefficient (Wildman–Crippen LogP) is 5.20. The van der Waals surface area contributed by atoms with E-state index >= 15 is 0 Å². The molecule has 0 radical (unpaired) electrons. The number of nitrogens with zero attached hydrogens (tertiary/aromatic N) is 6. The number of piperazine rings is 1. The van der Waals surface area contributed by atoms with E-state index in [-0.39, 0.29) is 17.6 Å². The number of hydrogen-bond donors (Lipinski definition) is 1. The molecule has 1 N–H and O–H groups in total. The number of aromatic amines is 1. The van der Waals surface area contributed by atoms with Gasteiger partial charge in [0.2, 0.25) is 0 Å². The van der Waals surface area contributed by atoms with E-state index < -0.39 is 0 Å². The van der Waals surface area contributed by atoms with Crippen molar-refractivity contribution in [3.8, 4) is 0 Å². The van der Waals surface area contributed by atoms with Gasteiger partial charge in [0.05, 0.1) is 11.6 Å². The first-order valence-corrected chi connectivity index (χ1v) is 14.5. The molecule has 2 aromatic heterocycles. The number of H-pyrrole nitrogens is 1. The Kier molecular flexibility index (Phi) is 7.51. The minimum Gasteiger partial charge on any atom is -0.321 e. The Morgan fingerprint density at radius 3 is 2.56 bits per heavy atom. The summed E-state index contributed by atoms with van der Waals surface area (Å²) in [6.45, 7) is 8.30. The molecule has 6 rings (SSSR count). The number of pyridine rings is 1. The highest BCUT2D eigenvalue weighted by Crippen LogP contribution is 2.34. The molecule has 1 aliphatic carbocycles. The molecule has 2 aromatic carbocycles. The van der Waals surface area contributed by atoms with Gasteiger partial charge in [-0.15, -0.1) is 5.10 Å². The van der Waals surface area contributed by atoms with Crippen LogP contribution in [-0.2, 0) is 6.54 Å². The van der Waals surface area contributed by atoms with Crippen molar-refractivity contribution in [2.75, 3.05) is 26.2 Å². The van der Waals surface area contributed by atoms with Crippen LogP contribution in [0, 0.1) is 13.8 Å². The van der Waals surface area contributed by atoms with Gasteiger partial charge >= 0.3 is 0 Å². The van der Waals surface area contributed by atoms with E-state index in [4.69, 9.17) is 11.6 Å². The van der Waals surface area contributed by atoms with Crippen LogP contribution in [-0.4, -0.2) is 61.2 Å². The third-order valence-electron chi connectivity index (χ3n) is 8.42. The van der Waals surface area contributed by atoms with Crippen molar-refractivity contribution in [2.24, 2.45) is 0 Å². The van der Waals surface area contributed by atoms with Gasteiger partial charge in [0.1, 0.15) is 6.04 Å². The number of tetrazole rings is 1. The summed E-state index contributed by atoms with van der Waals surface area (Å²) < 4.78 is 2.02. The third kappa shape index (κ3) is 5.38. The summed E-state index contributed by atoms with van der Waals surface area (Å²) in [5.41, 5.74) is 4.92. The second-order valence-corrected chi connectivity index (χ2v) is 11.6. The van der Waals surface area contributed by atoms with Gasteiger partial charge < -0.3 is 4.98 Å². The van der Waals surface area contributed by atoms with Crippen LogP contribution in [0.4, 0.5) is 0 Å². The average molecular weight is 546 g/mol. The number of rotatable bonds is 6. The van der Waals surface area contributed by atoms with Crippen LogP contribution in [0.2, 0.25) is 5.02 Å². The standard InChI is InChI=1S/C30H36ClN7O/c1-20-16-21(2)27-23(17-20)18-25(30(39)32-27)28(29-33-34-35-38(29)24-9-4-3-5-10-24)37-14-12-36(13-15-37)19-22-8-6-7-11-26(22)31/h6-8,11,16-18,24,28H,3-5,9-10,12-15,19H2,1-2H3,(H,32,39)/t28-/m0/s1. The van der Waals surface area contributed by atoms with Crippen LogP contribution >= 0.6 is 11.6 Å². The summed E-state index contributed by atoms with van der Waals surface area (Å²) in [7, 11) is 0. The van der Waals surface area contributed by atoms with Crippen LogP contribution in [0.25, 0.3) is 10.9 Å². The lowest BCUT2D eigenvalue weighted by Crippen LogP contribution is -2.48. The molecule has 0 spiro atoms. The van der Waals surface area contributed by atoms with E-state index in [2.05, 4.69) is 61.5 Å². The number of nitrogens with one attached hydrogen (secondary N) is 1. The zero-order chi connectivity index (χ0) is 26.9. The Morgan fingerprint density at radius 1 is 1.03 bits per heavy atom. The Balaban J connectivity index is 1.36. The lowest BCUT2D eigenvalue weighted by atomic mass is 9.95. The molecule has 1 atom stereocenters. The maximum atomic E-state index is 13.7. The van der Waals surface area contributed by atoms with Crippen LogP contribution in [0.15, 0.2) is 47.3 Å². The summed E-state index contributed by atoms with van der Waals surface area (Å²) in [6.07, 6.45) is 5.77. The quantitative estimate of drug-likeness (QED) is 0.359. The zero-order valence-electron chi connectivity index (χ0n) is 22.7. The van der Waals surface area contributed by atoms with Gasteiger partial charge in [-0.1, -0.05) is 60.7 Å². The Bertz CT molecular complexity index is 1520. The second kappa shape index (κ2) is 11.2. The summed E-state index contributed by atoms with van der Waals surface area (Å²) in [5.74, 6) is 0.774. The van der Waals surface area contributed by atoms with Gasteiger partial charge in [-0.2, -0.15) is 0 Å². The topological polar surface area (TPSA) is 82.9 Å². The normalized spacial score (nSPS) is 18.5. The molecule has 204 valence electrons. The molecule has 39 heavy (non-hydrogen) atoms. The number of aromatic nitrogens is 5. The molecule has 2 aliphatic rings. The van der Waals surface area contributed by atoms with Crippen molar-refractivity contribution < 1.29 is 0 Å². The smallest absolute Gasteiger partial charge is 0.253 e. The molecule has 8 nitrogen and oxygen atoms in total. The van der Waals surface area contributed by atoms with Crippen molar-refractivity contribution >= 4 is 22.5 Å². The minimum absolute atomic E-state index is 0.0730. The lowest BCUT2D eigenvalue weighted by Gasteiger charge is -2.39. The van der Waals surface area contributed by atoms with Crippen LogP contribution in [0.5, 0.6) is 0 Å². The average Bonchev–Trinajstić information content (AvgIpc) is 3.42. The highest BCUT2D eigenvalue weighted by molar-refractivity contribution is 6.31. The van der Waals surface area contributed by atoms with Gasteiger partial charge in [0.25, 0.3) is 5.56 Å². The Morgan fingerprint density at radius 2 is 1.79 bits per heavy atom. The maximum Gasteiger partial charge on any atom is 0.253 e. The fourth-order valence-corrected chi connectivity index (χ4v) is 6.61. The summed E-state index contributed by atoms with van der Waals surface area (Å²) >= 11 is 6.45. The Labute approximate surface area is 234 Å². The van der Waals surface area contributed by atoms with Gasteiger partial charge in [-0.05, 0) is 71.8 Å². The highest BCUT2D eigenvalue weighted by atomic mass is 35.5. The van der Waals surface area contributed by atoms with Crippen molar-refractivity contribution in [3.63, 3.8) is 0 Å². The maximum absolute atomic E-state index is 13.7. The molecule has 0 unspecified atom stereocenters. The van der Waals surface area contributed by atoms with Crippen LogP contribution < -0.4 is 5.56 Å². The van der Waals surface area contributed by atoms with Crippen LogP contribution in [0.1, 0.15) is 72.3 Å². The molecule has 4 aromatic rings. The van der Waals surface area contributed by atoms with E-state index in [9.17, 15) is 4.79 Å². The van der Waals surface area contributed by atoms with Gasteiger partial charge in [0.15, 0.2) is 5.82 Å². The monoisotopic (exact) mass is 545 g/mol. The van der Waals surface area contributed by atoms with Gasteiger partial charge in [-0.25, -0.2) is 4.68 Å². The van der Waals surface area contributed by atoms with E-state index in [1.807, 2.05) is 29.8 Å². The summed E-state index contributed by atoms with van der Waals surface area (Å²) in [5, 5.41) is 15.0. The number of aryl methyl sites for hydroxylation is 2. The van der Waals surface area contributed by atoms with Gasteiger partial charge in [0, 0.05) is 43.3 Å². The van der Waals surface area contributed by atoms with E-state index in [1.165, 1.54) is 24.8 Å². The first kappa shape index (κ1) is 26.2. The molecule has 0 bridgehead atoms. The number of halogens is 1. The first-order chi connectivity index (χ1) is 19.0. The van der Waals surface area contributed by atoms with Gasteiger partial charge in [-0.3, -0.25) is 14.6 Å². The van der Waals surface area contributed by atoms with Crippen molar-refractivity contribution in [1.82, 2.24) is 35.0 Å². The summed E-state index contributed by atoms with van der Waals surface area (Å²) in [4.78, 5) is 21.7. The minimum atomic E-state index is -0.321. The predicted molar refractivity (Wildman–Crippen MR) is 154 cm³/mol. The van der Waals surface area contributed by atoms with E-state index in [0.29, 0.717) is 5.56 Å².